The van der Waals surface area contributed by atoms with Gasteiger partial charge >= 0.3 is 0 Å². The van der Waals surface area contributed by atoms with Gasteiger partial charge in [-0.25, -0.2) is 4.39 Å². The van der Waals surface area contributed by atoms with Gasteiger partial charge in [0.2, 0.25) is 5.91 Å². The number of rotatable bonds is 8. The van der Waals surface area contributed by atoms with Gasteiger partial charge in [-0.05, 0) is 48.3 Å². The minimum atomic E-state index is -1.12. The van der Waals surface area contributed by atoms with Gasteiger partial charge in [0.05, 0.1) is 18.5 Å². The summed E-state index contributed by atoms with van der Waals surface area (Å²) in [5.74, 6) is -2.24. The Morgan fingerprint density at radius 1 is 1.18 bits per heavy atom. The Labute approximate surface area is 193 Å². The van der Waals surface area contributed by atoms with Crippen LogP contribution in [0, 0.1) is 5.82 Å². The molecule has 1 aromatic heterocycles. The van der Waals surface area contributed by atoms with E-state index in [1.165, 1.54) is 31.2 Å². The molecule has 3 aromatic rings. The molecule has 0 spiro atoms. The number of nitrogen functional groups attached to an aromatic ring is 1. The van der Waals surface area contributed by atoms with Crippen LogP contribution in [-0.2, 0) is 11.3 Å². The fraction of sp³-hybridized carbons (Fsp3) is 0.182. The van der Waals surface area contributed by atoms with Gasteiger partial charge in [0, 0.05) is 6.54 Å². The lowest BCUT2D eigenvalue weighted by atomic mass is 10.1. The van der Waals surface area contributed by atoms with Crippen molar-refractivity contribution in [3.8, 4) is 5.75 Å². The van der Waals surface area contributed by atoms with E-state index in [9.17, 15) is 18.8 Å². The Kier molecular flexibility index (Phi) is 7.23. The molecule has 0 saturated heterocycles. The molecule has 0 bridgehead atoms. The maximum absolute atomic E-state index is 14.6. The predicted molar refractivity (Wildman–Crippen MR) is 123 cm³/mol. The number of nitrogens with two attached hydrogens (primary N) is 2. The van der Waals surface area contributed by atoms with E-state index in [4.69, 9.17) is 16.2 Å². The molecule has 9 nitrogen and oxygen atoms in total. The number of amides is 3. The minimum absolute atomic E-state index is 0.122. The molecule has 1 heterocycles. The van der Waals surface area contributed by atoms with Crippen molar-refractivity contribution in [1.82, 2.24) is 9.69 Å². The summed E-state index contributed by atoms with van der Waals surface area (Å²) < 4.78 is 23.6. The van der Waals surface area contributed by atoms with Gasteiger partial charge in [0.25, 0.3) is 11.8 Å². The Balaban J connectivity index is 1.88. The van der Waals surface area contributed by atoms with Crippen LogP contribution in [0.5, 0.6) is 5.75 Å². The molecule has 0 radical (unpaired) electrons. The first-order valence-electron chi connectivity index (χ1n) is 9.78. The van der Waals surface area contributed by atoms with E-state index < -0.39 is 29.6 Å². The molecule has 33 heavy (non-hydrogen) atoms. The highest BCUT2D eigenvalue weighted by Crippen LogP contribution is 2.29. The highest BCUT2D eigenvalue weighted by molar-refractivity contribution is 7.09. The van der Waals surface area contributed by atoms with Gasteiger partial charge in [-0.15, -0.1) is 0 Å². The van der Waals surface area contributed by atoms with E-state index in [-0.39, 0.29) is 28.5 Å². The van der Waals surface area contributed by atoms with Crippen LogP contribution in [0.25, 0.3) is 0 Å². The van der Waals surface area contributed by atoms with Crippen molar-refractivity contribution in [2.24, 2.45) is 5.73 Å². The largest absolute Gasteiger partial charge is 0.497 e. The third-order valence-corrected chi connectivity index (χ3v) is 5.73. The first-order valence-corrected chi connectivity index (χ1v) is 10.6. The topological polar surface area (TPSA) is 141 Å². The Morgan fingerprint density at radius 3 is 2.42 bits per heavy atom. The van der Waals surface area contributed by atoms with E-state index in [0.29, 0.717) is 17.3 Å². The maximum atomic E-state index is 14.6. The summed E-state index contributed by atoms with van der Waals surface area (Å²) in [6.07, 6.45) is 0. The lowest BCUT2D eigenvalue weighted by Crippen LogP contribution is -2.48. The SMILES string of the molecule is COc1ccc(CNC(=O)[C@H](C)N(C(=O)c2snc(C(N)=O)c2N)c2ccccc2F)cc1. The molecule has 172 valence electrons. The zero-order chi connectivity index (χ0) is 24.1. The summed E-state index contributed by atoms with van der Waals surface area (Å²) in [5, 5.41) is 2.74. The number of hydrogen-bond acceptors (Lipinski definition) is 7. The molecule has 11 heteroatoms. The summed E-state index contributed by atoms with van der Waals surface area (Å²) in [7, 11) is 1.55. The summed E-state index contributed by atoms with van der Waals surface area (Å²) in [5.41, 5.74) is 11.3. The molecule has 1 atom stereocenters. The monoisotopic (exact) mass is 471 g/mol. The number of benzene rings is 2. The number of ether oxygens (including phenoxy) is 1. The average Bonchev–Trinajstić information content (AvgIpc) is 3.20. The lowest BCUT2D eigenvalue weighted by Gasteiger charge is -2.28. The molecule has 0 aliphatic carbocycles. The number of anilines is 2. The molecule has 3 rings (SSSR count). The van der Waals surface area contributed by atoms with Crippen LogP contribution in [-0.4, -0.2) is 35.2 Å². The highest BCUT2D eigenvalue weighted by atomic mass is 32.1. The molecule has 2 aromatic carbocycles. The first kappa shape index (κ1) is 23.7. The molecule has 0 aliphatic rings. The zero-order valence-corrected chi connectivity index (χ0v) is 18.7. The van der Waals surface area contributed by atoms with Crippen LogP contribution >= 0.6 is 11.5 Å². The van der Waals surface area contributed by atoms with Gasteiger partial charge in [0.15, 0.2) is 5.69 Å². The Morgan fingerprint density at radius 2 is 1.85 bits per heavy atom. The maximum Gasteiger partial charge on any atom is 0.272 e. The fourth-order valence-electron chi connectivity index (χ4n) is 3.08. The van der Waals surface area contributed by atoms with Crippen molar-refractivity contribution in [3.05, 3.63) is 70.5 Å². The van der Waals surface area contributed by atoms with Crippen molar-refractivity contribution in [3.63, 3.8) is 0 Å². The number of nitrogens with zero attached hydrogens (tertiary/aromatic N) is 2. The third-order valence-electron chi connectivity index (χ3n) is 4.88. The molecule has 0 aliphatic heterocycles. The number of carbonyl (C=O) groups is 3. The Hall–Kier alpha value is -3.99. The summed E-state index contributed by atoms with van der Waals surface area (Å²) in [4.78, 5) is 38.6. The highest BCUT2D eigenvalue weighted by Gasteiger charge is 2.33. The molecule has 3 amide bonds. The average molecular weight is 472 g/mol. The number of carbonyl (C=O) groups excluding carboxylic acids is 3. The van der Waals surface area contributed by atoms with Gasteiger partial charge in [-0.2, -0.15) is 4.37 Å². The number of aromatic nitrogens is 1. The van der Waals surface area contributed by atoms with Gasteiger partial charge in [-0.3, -0.25) is 19.3 Å². The summed E-state index contributed by atoms with van der Waals surface area (Å²) in [6, 6.07) is 11.5. The van der Waals surface area contributed by atoms with Crippen molar-refractivity contribution >= 4 is 40.6 Å². The van der Waals surface area contributed by atoms with Crippen LogP contribution in [0.1, 0.15) is 32.6 Å². The van der Waals surface area contributed by atoms with Gasteiger partial charge in [-0.1, -0.05) is 24.3 Å². The summed E-state index contributed by atoms with van der Waals surface area (Å²) >= 11 is 0.651. The third kappa shape index (κ3) is 5.09. The second-order valence-corrected chi connectivity index (χ2v) is 7.78. The number of nitrogens with one attached hydrogen (secondary N) is 1. The molecular formula is C22H22FN5O4S. The van der Waals surface area contributed by atoms with Gasteiger partial charge in [0.1, 0.15) is 22.5 Å². The first-order chi connectivity index (χ1) is 15.7. The molecule has 0 saturated carbocycles. The quantitative estimate of drug-likeness (QED) is 0.461. The van der Waals surface area contributed by atoms with Crippen molar-refractivity contribution in [2.45, 2.75) is 19.5 Å². The Bertz CT molecular complexity index is 1180. The van der Waals surface area contributed by atoms with Crippen molar-refractivity contribution < 1.29 is 23.5 Å². The number of para-hydroxylation sites is 1. The number of primary amides is 1. The van der Waals surface area contributed by atoms with Gasteiger partial charge < -0.3 is 21.5 Å². The van der Waals surface area contributed by atoms with Crippen LogP contribution in [0.4, 0.5) is 15.8 Å². The molecule has 0 unspecified atom stereocenters. The predicted octanol–water partition coefficient (Wildman–Crippen LogP) is 2.32. The number of hydrogen-bond donors (Lipinski definition) is 3. The standard InChI is InChI=1S/C22H22FN5O4S/c1-12(21(30)26-11-13-7-9-14(32-2)10-8-13)28(16-6-4-3-5-15(16)23)22(31)19-17(24)18(20(25)29)27-33-19/h3-10,12H,11,24H2,1-2H3,(H2,25,29)(H,26,30)/t12-/m0/s1. The molecular weight excluding hydrogens is 449 g/mol. The van der Waals surface area contributed by atoms with Crippen molar-refractivity contribution in [1.29, 1.82) is 0 Å². The van der Waals surface area contributed by atoms with E-state index in [0.717, 1.165) is 10.5 Å². The van der Waals surface area contributed by atoms with Crippen LogP contribution < -0.4 is 26.4 Å². The second kappa shape index (κ2) is 10.1. The normalized spacial score (nSPS) is 11.5. The van der Waals surface area contributed by atoms with E-state index in [1.807, 2.05) is 0 Å². The van der Waals surface area contributed by atoms with E-state index >= 15 is 0 Å². The second-order valence-electron chi connectivity index (χ2n) is 7.01. The zero-order valence-electron chi connectivity index (χ0n) is 17.9. The summed E-state index contributed by atoms with van der Waals surface area (Å²) in [6.45, 7) is 1.64. The smallest absolute Gasteiger partial charge is 0.272 e. The number of halogens is 1. The minimum Gasteiger partial charge on any atom is -0.497 e. The number of methoxy groups -OCH3 is 1. The van der Waals surface area contributed by atoms with E-state index in [2.05, 4.69) is 9.69 Å². The van der Waals surface area contributed by atoms with Crippen LogP contribution in [0.2, 0.25) is 0 Å². The lowest BCUT2D eigenvalue weighted by molar-refractivity contribution is -0.122. The van der Waals surface area contributed by atoms with Crippen LogP contribution in [0.3, 0.4) is 0 Å². The van der Waals surface area contributed by atoms with E-state index in [1.54, 1.807) is 31.4 Å². The fourth-order valence-corrected chi connectivity index (χ4v) is 3.82. The molecule has 5 N–H and O–H groups in total. The van der Waals surface area contributed by atoms with Crippen LogP contribution in [0.15, 0.2) is 48.5 Å². The van der Waals surface area contributed by atoms with Crippen molar-refractivity contribution in [2.75, 3.05) is 17.7 Å². The molecule has 0 fully saturated rings.